The van der Waals surface area contributed by atoms with Crippen LogP contribution in [0, 0.1) is 12.3 Å². The molecule has 27 heavy (non-hydrogen) atoms. The first kappa shape index (κ1) is 17.8. The third kappa shape index (κ3) is 3.39. The number of hydrogen-bond acceptors (Lipinski definition) is 3. The molecule has 0 bridgehead atoms. The van der Waals surface area contributed by atoms with Gasteiger partial charge in [0.1, 0.15) is 17.3 Å². The predicted octanol–water partition coefficient (Wildman–Crippen LogP) is 6.35. The number of benzene rings is 2. The number of fused-ring (bicyclic) bond motifs is 1. The minimum absolute atomic E-state index is 0.131. The van der Waals surface area contributed by atoms with Gasteiger partial charge in [0.15, 0.2) is 0 Å². The van der Waals surface area contributed by atoms with Crippen molar-refractivity contribution in [1.29, 1.82) is 0 Å². The highest BCUT2D eigenvalue weighted by Crippen LogP contribution is 2.48. The lowest BCUT2D eigenvalue weighted by Gasteiger charge is -2.39. The molecule has 140 valence electrons. The van der Waals surface area contributed by atoms with Crippen LogP contribution in [0.25, 0.3) is 0 Å². The minimum Gasteiger partial charge on any atom is -0.497 e. The van der Waals surface area contributed by atoms with Gasteiger partial charge >= 0.3 is 0 Å². The van der Waals surface area contributed by atoms with Gasteiger partial charge in [-0.25, -0.2) is 0 Å². The molecule has 0 N–H and O–H groups in total. The molecule has 0 saturated carbocycles. The van der Waals surface area contributed by atoms with Gasteiger partial charge in [-0.05, 0) is 49.1 Å². The van der Waals surface area contributed by atoms with Gasteiger partial charge in [0.2, 0.25) is 0 Å². The highest BCUT2D eigenvalue weighted by molar-refractivity contribution is 6.05. The third-order valence-corrected chi connectivity index (χ3v) is 5.53. The fraction of sp³-hybridized carbons (Fsp3) is 0.375. The van der Waals surface area contributed by atoms with Gasteiger partial charge in [0.05, 0.1) is 12.8 Å². The molecule has 1 heterocycles. The van der Waals surface area contributed by atoms with Gasteiger partial charge in [-0.15, -0.1) is 0 Å². The van der Waals surface area contributed by atoms with Gasteiger partial charge in [0.25, 0.3) is 0 Å². The molecule has 0 spiro atoms. The number of nitrogens with zero attached hydrogens (tertiary/aromatic N) is 1. The van der Waals surface area contributed by atoms with Gasteiger partial charge in [-0.3, -0.25) is 4.99 Å². The Balaban J connectivity index is 1.80. The molecule has 1 aliphatic heterocycles. The molecule has 3 nitrogen and oxygen atoms in total. The van der Waals surface area contributed by atoms with E-state index in [1.165, 1.54) is 16.7 Å². The van der Waals surface area contributed by atoms with Crippen LogP contribution in [-0.4, -0.2) is 12.8 Å². The largest absolute Gasteiger partial charge is 0.497 e. The van der Waals surface area contributed by atoms with Crippen molar-refractivity contribution in [3.63, 3.8) is 0 Å². The first-order valence-electron chi connectivity index (χ1n) is 9.60. The molecule has 0 aromatic heterocycles. The zero-order valence-corrected chi connectivity index (χ0v) is 16.8. The number of rotatable bonds is 2. The Morgan fingerprint density at radius 3 is 2.52 bits per heavy atom. The van der Waals surface area contributed by atoms with Gasteiger partial charge in [-0.2, -0.15) is 0 Å². The van der Waals surface area contributed by atoms with Crippen LogP contribution in [0.2, 0.25) is 0 Å². The average Bonchev–Trinajstić information content (AvgIpc) is 2.62. The Morgan fingerprint density at radius 2 is 1.81 bits per heavy atom. The summed E-state index contributed by atoms with van der Waals surface area (Å²) in [6.45, 7) is 8.99. The second-order valence-corrected chi connectivity index (χ2v) is 8.48. The summed E-state index contributed by atoms with van der Waals surface area (Å²) in [5.41, 5.74) is 6.02. The van der Waals surface area contributed by atoms with Crippen molar-refractivity contribution in [3.05, 3.63) is 64.9 Å². The molecule has 0 fully saturated rings. The van der Waals surface area contributed by atoms with Gasteiger partial charge in [-0.1, -0.05) is 38.5 Å². The lowest BCUT2D eigenvalue weighted by atomic mass is 9.71. The van der Waals surface area contributed by atoms with Crippen molar-refractivity contribution in [3.8, 4) is 11.5 Å². The number of hydrogen-bond donors (Lipinski definition) is 0. The molecule has 2 aromatic rings. The van der Waals surface area contributed by atoms with Crippen LogP contribution in [-0.2, 0) is 0 Å². The van der Waals surface area contributed by atoms with Crippen molar-refractivity contribution in [2.24, 2.45) is 10.4 Å². The summed E-state index contributed by atoms with van der Waals surface area (Å²) in [4.78, 5) is 5.04. The SMILES string of the molecule is COc1ccc(N=C2CC(C)(C)CC3=C2[C@@H](C)c2cc(C)ccc2O3)cc1. The summed E-state index contributed by atoms with van der Waals surface area (Å²) >= 11 is 0. The normalized spacial score (nSPS) is 22.1. The van der Waals surface area contributed by atoms with Crippen LogP contribution in [0.3, 0.4) is 0 Å². The second kappa shape index (κ2) is 6.56. The molecular weight excluding hydrogens is 334 g/mol. The maximum absolute atomic E-state index is 6.38. The summed E-state index contributed by atoms with van der Waals surface area (Å²) in [5.74, 6) is 3.22. The van der Waals surface area contributed by atoms with Crippen LogP contribution >= 0.6 is 0 Å². The maximum atomic E-state index is 6.38. The van der Waals surface area contributed by atoms with E-state index in [9.17, 15) is 0 Å². The molecule has 0 saturated heterocycles. The van der Waals surface area contributed by atoms with Gasteiger partial charge in [0, 0.05) is 29.2 Å². The Hall–Kier alpha value is -2.55. The Bertz CT molecular complexity index is 935. The first-order valence-corrected chi connectivity index (χ1v) is 9.60. The van der Waals surface area contributed by atoms with E-state index in [0.29, 0.717) is 0 Å². The quantitative estimate of drug-likeness (QED) is 0.624. The molecule has 4 rings (SSSR count). The lowest BCUT2D eigenvalue weighted by molar-refractivity contribution is 0.278. The van der Waals surface area contributed by atoms with Gasteiger partial charge < -0.3 is 9.47 Å². The van der Waals surface area contributed by atoms with E-state index in [2.05, 4.69) is 45.9 Å². The fourth-order valence-corrected chi connectivity index (χ4v) is 4.18. The van der Waals surface area contributed by atoms with E-state index < -0.39 is 0 Å². The van der Waals surface area contributed by atoms with Crippen LogP contribution in [0.15, 0.2) is 58.8 Å². The van der Waals surface area contributed by atoms with E-state index in [4.69, 9.17) is 14.5 Å². The Morgan fingerprint density at radius 1 is 1.07 bits per heavy atom. The number of aliphatic imine (C=N–C) groups is 1. The smallest absolute Gasteiger partial charge is 0.130 e. The Kier molecular flexibility index (Phi) is 4.33. The topological polar surface area (TPSA) is 30.8 Å². The molecule has 2 aromatic carbocycles. The number of ether oxygens (including phenoxy) is 2. The van der Waals surface area contributed by atoms with Crippen molar-refractivity contribution >= 4 is 11.4 Å². The average molecular weight is 361 g/mol. The van der Waals surface area contributed by atoms with Crippen LogP contribution in [0.4, 0.5) is 5.69 Å². The van der Waals surface area contributed by atoms with E-state index >= 15 is 0 Å². The highest BCUT2D eigenvalue weighted by Gasteiger charge is 2.38. The number of methoxy groups -OCH3 is 1. The van der Waals surface area contributed by atoms with Crippen LogP contribution < -0.4 is 9.47 Å². The molecule has 0 amide bonds. The highest BCUT2D eigenvalue weighted by atomic mass is 16.5. The molecule has 3 heteroatoms. The number of allylic oxidation sites excluding steroid dienone is 2. The monoisotopic (exact) mass is 361 g/mol. The van der Waals surface area contributed by atoms with Crippen molar-refractivity contribution in [2.75, 3.05) is 7.11 Å². The lowest BCUT2D eigenvalue weighted by Crippen LogP contribution is -2.32. The molecule has 1 aliphatic carbocycles. The van der Waals surface area contributed by atoms with Crippen molar-refractivity contribution in [1.82, 2.24) is 0 Å². The summed E-state index contributed by atoms with van der Waals surface area (Å²) in [6, 6.07) is 14.4. The zero-order valence-electron chi connectivity index (χ0n) is 16.8. The van der Waals surface area contributed by atoms with E-state index in [1.807, 2.05) is 24.3 Å². The predicted molar refractivity (Wildman–Crippen MR) is 110 cm³/mol. The third-order valence-electron chi connectivity index (χ3n) is 5.53. The first-order chi connectivity index (χ1) is 12.9. The zero-order chi connectivity index (χ0) is 19.2. The molecule has 0 radical (unpaired) electrons. The van der Waals surface area contributed by atoms with Crippen molar-refractivity contribution in [2.45, 2.75) is 46.5 Å². The molecule has 0 unspecified atom stereocenters. The minimum atomic E-state index is 0.131. The van der Waals surface area contributed by atoms with Crippen LogP contribution in [0.5, 0.6) is 11.5 Å². The Labute approximate surface area is 161 Å². The second-order valence-electron chi connectivity index (χ2n) is 8.48. The summed E-state index contributed by atoms with van der Waals surface area (Å²) < 4.78 is 11.6. The molecule has 2 aliphatic rings. The fourth-order valence-electron chi connectivity index (χ4n) is 4.18. The summed E-state index contributed by atoms with van der Waals surface area (Å²) in [7, 11) is 1.68. The maximum Gasteiger partial charge on any atom is 0.130 e. The summed E-state index contributed by atoms with van der Waals surface area (Å²) in [6.07, 6.45) is 1.90. The van der Waals surface area contributed by atoms with E-state index in [0.717, 1.165) is 41.5 Å². The molecular formula is C24H27NO2. The standard InChI is InChI=1S/C24H27NO2/c1-15-6-11-21-19(12-15)16(2)23-20(13-24(3,4)14-22(23)27-21)25-17-7-9-18(26-5)10-8-17/h6-12,16H,13-14H2,1-5H3/t16-/m0/s1. The van der Waals surface area contributed by atoms with Crippen molar-refractivity contribution < 1.29 is 9.47 Å². The van der Waals surface area contributed by atoms with E-state index in [-0.39, 0.29) is 11.3 Å². The van der Waals surface area contributed by atoms with Crippen LogP contribution in [0.1, 0.15) is 50.7 Å². The summed E-state index contributed by atoms with van der Waals surface area (Å²) in [5, 5.41) is 0. The molecule has 1 atom stereocenters. The number of aryl methyl sites for hydroxylation is 1. The van der Waals surface area contributed by atoms with E-state index in [1.54, 1.807) is 7.11 Å².